The maximum atomic E-state index is 13.0. The molecule has 1 heterocycles. The number of halogens is 1. The molecule has 1 aliphatic rings. The number of thioether (sulfide) groups is 1. The summed E-state index contributed by atoms with van der Waals surface area (Å²) in [6.07, 6.45) is -0.210. The molecule has 1 amide bonds. The van der Waals surface area contributed by atoms with E-state index in [2.05, 4.69) is 29.6 Å². The van der Waals surface area contributed by atoms with Gasteiger partial charge in [0.25, 0.3) is 0 Å². The molecule has 3 aromatic carbocycles. The highest BCUT2D eigenvalue weighted by Gasteiger charge is 2.34. The fourth-order valence-corrected chi connectivity index (χ4v) is 5.32. The first kappa shape index (κ1) is 20.8. The Kier molecular flexibility index (Phi) is 6.02. The molecule has 0 saturated heterocycles. The van der Waals surface area contributed by atoms with E-state index in [0.29, 0.717) is 5.02 Å². The van der Waals surface area contributed by atoms with Gasteiger partial charge in [-0.25, -0.2) is 0 Å². The quantitative estimate of drug-likeness (QED) is 0.508. The van der Waals surface area contributed by atoms with Crippen molar-refractivity contribution in [3.8, 4) is 0 Å². The number of hydrogen-bond donors (Lipinski definition) is 1. The number of rotatable bonds is 4. The molecule has 2 atom stereocenters. The summed E-state index contributed by atoms with van der Waals surface area (Å²) in [7, 11) is 0. The smallest absolute Gasteiger partial charge is 0.307 e. The second-order valence-corrected chi connectivity index (χ2v) is 9.29. The van der Waals surface area contributed by atoms with Crippen molar-refractivity contribution < 1.29 is 14.3 Å². The molecule has 0 fully saturated rings. The SMILES string of the molecule is CC(C)OC(=O)C[C@H]1S[C@H](c2cccc3ccccc23)c2cc(Cl)ccc2NC1=O. The summed E-state index contributed by atoms with van der Waals surface area (Å²) in [6.45, 7) is 3.60. The van der Waals surface area contributed by atoms with E-state index in [9.17, 15) is 9.59 Å². The largest absolute Gasteiger partial charge is 0.463 e. The van der Waals surface area contributed by atoms with Crippen LogP contribution >= 0.6 is 23.4 Å². The highest BCUT2D eigenvalue weighted by molar-refractivity contribution is 8.01. The normalized spacial score (nSPS) is 18.6. The molecule has 3 aromatic rings. The van der Waals surface area contributed by atoms with Crippen LogP contribution in [0.5, 0.6) is 0 Å². The number of ether oxygens (including phenoxy) is 1. The predicted octanol–water partition coefficient (Wildman–Crippen LogP) is 5.98. The Morgan fingerprint density at radius 3 is 2.67 bits per heavy atom. The number of benzene rings is 3. The minimum absolute atomic E-state index is 0.0116. The lowest BCUT2D eigenvalue weighted by Crippen LogP contribution is -2.28. The van der Waals surface area contributed by atoms with E-state index in [4.69, 9.17) is 16.3 Å². The Morgan fingerprint density at radius 2 is 1.87 bits per heavy atom. The third kappa shape index (κ3) is 4.32. The van der Waals surface area contributed by atoms with Crippen LogP contribution in [0.3, 0.4) is 0 Å². The van der Waals surface area contributed by atoms with Crippen LogP contribution in [0, 0.1) is 0 Å². The van der Waals surface area contributed by atoms with Crippen molar-refractivity contribution in [1.82, 2.24) is 0 Å². The molecule has 0 spiro atoms. The van der Waals surface area contributed by atoms with Crippen molar-refractivity contribution >= 4 is 51.7 Å². The van der Waals surface area contributed by atoms with Crippen molar-refractivity contribution in [3.63, 3.8) is 0 Å². The van der Waals surface area contributed by atoms with Crippen molar-refractivity contribution in [2.75, 3.05) is 5.32 Å². The van der Waals surface area contributed by atoms with Crippen molar-refractivity contribution in [2.24, 2.45) is 0 Å². The lowest BCUT2D eigenvalue weighted by Gasteiger charge is -2.22. The van der Waals surface area contributed by atoms with E-state index in [-0.39, 0.29) is 29.7 Å². The Bertz CT molecular complexity index is 1110. The molecule has 30 heavy (non-hydrogen) atoms. The zero-order valence-corrected chi connectivity index (χ0v) is 18.3. The Morgan fingerprint density at radius 1 is 1.10 bits per heavy atom. The van der Waals surface area contributed by atoms with Crippen molar-refractivity contribution in [1.29, 1.82) is 0 Å². The van der Waals surface area contributed by atoms with Gasteiger partial charge in [0.2, 0.25) is 5.91 Å². The molecule has 0 aliphatic carbocycles. The van der Waals surface area contributed by atoms with E-state index >= 15 is 0 Å². The molecular weight excluding hydrogens is 418 g/mol. The van der Waals surface area contributed by atoms with Gasteiger partial charge >= 0.3 is 5.97 Å². The number of carbonyl (C=O) groups excluding carboxylic acids is 2. The number of esters is 1. The van der Waals surface area contributed by atoms with Crippen LogP contribution in [0.15, 0.2) is 60.7 Å². The van der Waals surface area contributed by atoms with Gasteiger partial charge in [0, 0.05) is 10.7 Å². The lowest BCUT2D eigenvalue weighted by molar-refractivity contribution is -0.148. The Hall–Kier alpha value is -2.50. The van der Waals surface area contributed by atoms with Crippen LogP contribution in [-0.4, -0.2) is 23.2 Å². The zero-order valence-electron chi connectivity index (χ0n) is 16.7. The number of hydrogen-bond acceptors (Lipinski definition) is 4. The maximum Gasteiger partial charge on any atom is 0.307 e. The standard InChI is InChI=1S/C24H22ClNO3S/c1-14(2)29-22(27)13-21-24(28)26-20-11-10-16(25)12-19(20)23(30-21)18-9-5-7-15-6-3-4-8-17(15)18/h3-12,14,21,23H,13H2,1-2H3,(H,26,28)/t21-,23-/m1/s1. The Balaban J connectivity index is 1.80. The molecule has 4 rings (SSSR count). The van der Waals surface area contributed by atoms with Gasteiger partial charge in [-0.2, -0.15) is 0 Å². The van der Waals surface area contributed by atoms with Crippen LogP contribution in [0.4, 0.5) is 5.69 Å². The lowest BCUT2D eigenvalue weighted by atomic mass is 9.97. The molecule has 0 bridgehead atoms. The predicted molar refractivity (Wildman–Crippen MR) is 123 cm³/mol. The number of carbonyl (C=O) groups is 2. The molecule has 0 aromatic heterocycles. The topological polar surface area (TPSA) is 55.4 Å². The second kappa shape index (κ2) is 8.70. The van der Waals surface area contributed by atoms with E-state index in [1.54, 1.807) is 19.9 Å². The first-order valence-electron chi connectivity index (χ1n) is 9.85. The van der Waals surface area contributed by atoms with Crippen LogP contribution in [-0.2, 0) is 14.3 Å². The van der Waals surface area contributed by atoms with E-state index in [1.165, 1.54) is 11.8 Å². The van der Waals surface area contributed by atoms with Crippen molar-refractivity contribution in [3.05, 3.63) is 76.8 Å². The number of amides is 1. The summed E-state index contributed by atoms with van der Waals surface area (Å²) >= 11 is 7.78. The van der Waals surface area contributed by atoms with Gasteiger partial charge in [-0.1, -0.05) is 54.1 Å². The molecule has 154 valence electrons. The summed E-state index contributed by atoms with van der Waals surface area (Å²) in [6, 6.07) is 19.8. The molecule has 0 saturated carbocycles. The zero-order chi connectivity index (χ0) is 21.3. The minimum Gasteiger partial charge on any atom is -0.463 e. The maximum absolute atomic E-state index is 13.0. The van der Waals surface area contributed by atoms with Gasteiger partial charge in [-0.05, 0) is 53.9 Å². The summed E-state index contributed by atoms with van der Waals surface area (Å²) in [5.74, 6) is -0.578. The summed E-state index contributed by atoms with van der Waals surface area (Å²) in [5, 5.41) is 5.08. The van der Waals surface area contributed by atoms with Crippen LogP contribution in [0.2, 0.25) is 5.02 Å². The van der Waals surface area contributed by atoms with Crippen LogP contribution in [0.1, 0.15) is 36.6 Å². The molecule has 1 N–H and O–H groups in total. The third-order valence-electron chi connectivity index (χ3n) is 4.97. The summed E-state index contributed by atoms with van der Waals surface area (Å²) < 4.78 is 5.30. The average Bonchev–Trinajstić information content (AvgIpc) is 2.83. The van der Waals surface area contributed by atoms with Crippen LogP contribution in [0.25, 0.3) is 10.8 Å². The van der Waals surface area contributed by atoms with E-state index in [0.717, 1.165) is 27.6 Å². The highest BCUT2D eigenvalue weighted by Crippen LogP contribution is 2.47. The monoisotopic (exact) mass is 439 g/mol. The average molecular weight is 440 g/mol. The highest BCUT2D eigenvalue weighted by atomic mass is 35.5. The molecule has 0 unspecified atom stereocenters. The van der Waals surface area contributed by atoms with Crippen LogP contribution < -0.4 is 5.32 Å². The Labute approximate surface area is 184 Å². The fraction of sp³-hybridized carbons (Fsp3) is 0.250. The van der Waals surface area contributed by atoms with E-state index < -0.39 is 5.25 Å². The molecule has 1 aliphatic heterocycles. The third-order valence-corrected chi connectivity index (χ3v) is 6.70. The van der Waals surface area contributed by atoms with Gasteiger partial charge < -0.3 is 10.1 Å². The van der Waals surface area contributed by atoms with E-state index in [1.807, 2.05) is 30.3 Å². The fourth-order valence-electron chi connectivity index (χ4n) is 3.70. The first-order valence-corrected chi connectivity index (χ1v) is 11.2. The first-order chi connectivity index (χ1) is 14.4. The van der Waals surface area contributed by atoms with Gasteiger partial charge in [0.05, 0.1) is 23.0 Å². The number of nitrogens with one attached hydrogen (secondary N) is 1. The molecule has 0 radical (unpaired) electrons. The van der Waals surface area contributed by atoms with Crippen molar-refractivity contribution in [2.45, 2.75) is 36.9 Å². The number of fused-ring (bicyclic) bond motifs is 2. The molecule has 4 nitrogen and oxygen atoms in total. The van der Waals surface area contributed by atoms with Gasteiger partial charge in [0.15, 0.2) is 0 Å². The molecular formula is C24H22ClNO3S. The van der Waals surface area contributed by atoms with Gasteiger partial charge in [-0.3, -0.25) is 9.59 Å². The summed E-state index contributed by atoms with van der Waals surface area (Å²) in [5.41, 5.74) is 2.73. The number of anilines is 1. The second-order valence-electron chi connectivity index (χ2n) is 7.54. The summed E-state index contributed by atoms with van der Waals surface area (Å²) in [4.78, 5) is 25.3. The van der Waals surface area contributed by atoms with Gasteiger partial charge in [-0.15, -0.1) is 11.8 Å². The minimum atomic E-state index is -0.577. The molecule has 6 heteroatoms. The van der Waals surface area contributed by atoms with Gasteiger partial charge in [0.1, 0.15) is 0 Å².